The van der Waals surface area contributed by atoms with Crippen LogP contribution in [0.5, 0.6) is 11.5 Å². The van der Waals surface area contributed by atoms with Gasteiger partial charge in [0.15, 0.2) is 17.3 Å². The molecule has 2 rings (SSSR count). The predicted octanol–water partition coefficient (Wildman–Crippen LogP) is 2.31. The van der Waals surface area contributed by atoms with E-state index in [1.807, 2.05) is 0 Å². The second kappa shape index (κ2) is 9.43. The highest BCUT2D eigenvalue weighted by Gasteiger charge is 2.20. The van der Waals surface area contributed by atoms with E-state index in [0.29, 0.717) is 18.7 Å². The number of nitrogens with zero attached hydrogens (tertiary/aromatic N) is 1. The molecule has 1 aromatic heterocycles. The first kappa shape index (κ1) is 20.8. The Bertz CT molecular complexity index is 847. The Labute approximate surface area is 158 Å². The van der Waals surface area contributed by atoms with Crippen LogP contribution in [0.4, 0.5) is 0 Å². The number of hydrogen-bond acceptors (Lipinski definition) is 7. The first-order valence-electron chi connectivity index (χ1n) is 8.31. The predicted molar refractivity (Wildman–Crippen MR) is 98.4 cm³/mol. The number of amides is 1. The molecule has 0 aliphatic heterocycles. The van der Waals surface area contributed by atoms with Crippen LogP contribution in [-0.4, -0.2) is 52.3 Å². The molecular formula is C18H23NO7S. The summed E-state index contributed by atoms with van der Waals surface area (Å²) in [5.41, 5.74) is 0.674. The molecule has 8 nitrogen and oxygen atoms in total. The molecule has 148 valence electrons. The van der Waals surface area contributed by atoms with Gasteiger partial charge in [-0.25, -0.2) is 0 Å². The lowest BCUT2D eigenvalue weighted by Gasteiger charge is -2.22. The zero-order valence-electron chi connectivity index (χ0n) is 15.5. The molecule has 1 heterocycles. The fourth-order valence-corrected chi connectivity index (χ4v) is 2.83. The van der Waals surface area contributed by atoms with Crippen LogP contribution >= 0.6 is 0 Å². The second-order valence-corrected chi connectivity index (χ2v) is 7.47. The third kappa shape index (κ3) is 5.73. The highest BCUT2D eigenvalue weighted by atomic mass is 32.2. The summed E-state index contributed by atoms with van der Waals surface area (Å²) in [5, 5.41) is 0. The van der Waals surface area contributed by atoms with Gasteiger partial charge in [-0.1, -0.05) is 6.07 Å². The van der Waals surface area contributed by atoms with Crippen LogP contribution in [0.3, 0.4) is 0 Å². The van der Waals surface area contributed by atoms with Gasteiger partial charge in [-0.15, -0.1) is 0 Å². The van der Waals surface area contributed by atoms with Crippen molar-refractivity contribution in [2.45, 2.75) is 13.5 Å². The molecule has 1 amide bonds. The molecule has 0 atom stereocenters. The standard InChI is InChI=1S/C18H23NO7S/c1-4-27(21,22)26-17-12-14(7-8-15(17)24-3)13-19(9-11-23-2)18(20)16-6-5-10-25-16/h5-8,10,12H,4,9,11,13H2,1-3H3. The molecular weight excluding hydrogens is 374 g/mol. The van der Waals surface area contributed by atoms with Crippen LogP contribution in [0.25, 0.3) is 0 Å². The first-order chi connectivity index (χ1) is 12.9. The van der Waals surface area contributed by atoms with Crippen molar-refractivity contribution in [2.24, 2.45) is 0 Å². The van der Waals surface area contributed by atoms with E-state index in [0.717, 1.165) is 0 Å². The van der Waals surface area contributed by atoms with Crippen molar-refractivity contribution in [3.8, 4) is 11.5 Å². The van der Waals surface area contributed by atoms with E-state index >= 15 is 0 Å². The van der Waals surface area contributed by atoms with Gasteiger partial charge < -0.3 is 23.0 Å². The summed E-state index contributed by atoms with van der Waals surface area (Å²) >= 11 is 0. The molecule has 0 radical (unpaired) electrons. The quantitative estimate of drug-likeness (QED) is 0.568. The van der Waals surface area contributed by atoms with Crippen LogP contribution in [0.1, 0.15) is 23.0 Å². The minimum Gasteiger partial charge on any atom is -0.493 e. The van der Waals surface area contributed by atoms with E-state index in [1.54, 1.807) is 42.3 Å². The van der Waals surface area contributed by atoms with Gasteiger partial charge in [0.2, 0.25) is 0 Å². The number of methoxy groups -OCH3 is 2. The SMILES string of the molecule is CCS(=O)(=O)Oc1cc(CN(CCOC)C(=O)c2ccco2)ccc1OC. The lowest BCUT2D eigenvalue weighted by molar-refractivity contribution is 0.0649. The number of furan rings is 1. The summed E-state index contributed by atoms with van der Waals surface area (Å²) in [6, 6.07) is 8.09. The summed E-state index contributed by atoms with van der Waals surface area (Å²) in [6.45, 7) is 2.39. The molecule has 0 bridgehead atoms. The van der Waals surface area contributed by atoms with Gasteiger partial charge in [0.25, 0.3) is 5.91 Å². The van der Waals surface area contributed by atoms with Crippen LogP contribution in [0, 0.1) is 0 Å². The van der Waals surface area contributed by atoms with E-state index in [2.05, 4.69) is 0 Å². The normalized spacial score (nSPS) is 11.2. The average Bonchev–Trinajstić information content (AvgIpc) is 3.19. The maximum atomic E-state index is 12.6. The molecule has 9 heteroatoms. The Hall–Kier alpha value is -2.52. The summed E-state index contributed by atoms with van der Waals surface area (Å²) in [6.07, 6.45) is 1.43. The molecule has 1 aromatic carbocycles. The molecule has 0 spiro atoms. The Morgan fingerprint density at radius 2 is 1.96 bits per heavy atom. The Morgan fingerprint density at radius 3 is 2.56 bits per heavy atom. The zero-order chi connectivity index (χ0) is 19.9. The molecule has 0 saturated carbocycles. The highest BCUT2D eigenvalue weighted by molar-refractivity contribution is 7.87. The fraction of sp³-hybridized carbons (Fsp3) is 0.389. The van der Waals surface area contributed by atoms with E-state index in [1.165, 1.54) is 20.3 Å². The second-order valence-electron chi connectivity index (χ2n) is 5.61. The Morgan fingerprint density at radius 1 is 1.19 bits per heavy atom. The van der Waals surface area contributed by atoms with E-state index in [4.69, 9.17) is 18.1 Å². The molecule has 0 aliphatic rings. The summed E-state index contributed by atoms with van der Waals surface area (Å²) in [7, 11) is -0.743. The van der Waals surface area contributed by atoms with Crippen molar-refractivity contribution in [2.75, 3.05) is 33.1 Å². The molecule has 27 heavy (non-hydrogen) atoms. The van der Waals surface area contributed by atoms with Crippen LogP contribution < -0.4 is 8.92 Å². The average molecular weight is 397 g/mol. The lowest BCUT2D eigenvalue weighted by atomic mass is 10.2. The molecule has 0 aliphatic carbocycles. The number of benzene rings is 1. The third-order valence-electron chi connectivity index (χ3n) is 3.76. The Kier molecular flexibility index (Phi) is 7.26. The van der Waals surface area contributed by atoms with Gasteiger partial charge >= 0.3 is 10.1 Å². The maximum absolute atomic E-state index is 12.6. The molecule has 2 aromatic rings. The molecule has 0 saturated heterocycles. The van der Waals surface area contributed by atoms with Gasteiger partial charge in [0.05, 0.1) is 25.7 Å². The number of carbonyl (C=O) groups excluding carboxylic acids is 1. The van der Waals surface area contributed by atoms with Crippen molar-refractivity contribution < 1.29 is 31.3 Å². The lowest BCUT2D eigenvalue weighted by Crippen LogP contribution is -2.33. The van der Waals surface area contributed by atoms with Gasteiger partial charge in [-0.05, 0) is 36.8 Å². The molecule has 0 unspecified atom stereocenters. The molecule has 0 fully saturated rings. The van der Waals surface area contributed by atoms with Crippen LogP contribution in [-0.2, 0) is 21.4 Å². The maximum Gasteiger partial charge on any atom is 0.309 e. The monoisotopic (exact) mass is 397 g/mol. The van der Waals surface area contributed by atoms with Crippen molar-refractivity contribution in [3.63, 3.8) is 0 Å². The number of ether oxygens (including phenoxy) is 2. The summed E-state index contributed by atoms with van der Waals surface area (Å²) < 4.78 is 44.1. The number of rotatable bonds is 10. The highest BCUT2D eigenvalue weighted by Crippen LogP contribution is 2.30. The van der Waals surface area contributed by atoms with Crippen LogP contribution in [0.2, 0.25) is 0 Å². The topological polar surface area (TPSA) is 95.3 Å². The van der Waals surface area contributed by atoms with Crippen molar-refractivity contribution in [1.29, 1.82) is 0 Å². The van der Waals surface area contributed by atoms with E-state index in [9.17, 15) is 13.2 Å². The summed E-state index contributed by atoms with van der Waals surface area (Å²) in [5.74, 6) is 0.115. The smallest absolute Gasteiger partial charge is 0.309 e. The minimum absolute atomic E-state index is 0.0778. The zero-order valence-corrected chi connectivity index (χ0v) is 16.3. The summed E-state index contributed by atoms with van der Waals surface area (Å²) in [4.78, 5) is 14.2. The van der Waals surface area contributed by atoms with Crippen molar-refractivity contribution >= 4 is 16.0 Å². The van der Waals surface area contributed by atoms with Crippen LogP contribution in [0.15, 0.2) is 41.0 Å². The fourth-order valence-electron chi connectivity index (χ4n) is 2.31. The van der Waals surface area contributed by atoms with E-state index < -0.39 is 10.1 Å². The first-order valence-corrected chi connectivity index (χ1v) is 9.88. The van der Waals surface area contributed by atoms with Gasteiger partial charge in [-0.3, -0.25) is 4.79 Å². The van der Waals surface area contributed by atoms with Crippen molar-refractivity contribution in [3.05, 3.63) is 47.9 Å². The Balaban J connectivity index is 2.27. The van der Waals surface area contributed by atoms with Gasteiger partial charge in [-0.2, -0.15) is 8.42 Å². The minimum atomic E-state index is -3.71. The van der Waals surface area contributed by atoms with Gasteiger partial charge in [0, 0.05) is 20.2 Å². The third-order valence-corrected chi connectivity index (χ3v) is 4.90. The number of carbonyl (C=O) groups is 1. The largest absolute Gasteiger partial charge is 0.493 e. The van der Waals surface area contributed by atoms with E-state index in [-0.39, 0.29) is 35.5 Å². The molecule has 0 N–H and O–H groups in total. The number of hydrogen-bond donors (Lipinski definition) is 0. The van der Waals surface area contributed by atoms with Gasteiger partial charge in [0.1, 0.15) is 0 Å². The van der Waals surface area contributed by atoms with Crippen molar-refractivity contribution in [1.82, 2.24) is 4.90 Å².